The Balaban J connectivity index is 2.25. The Morgan fingerprint density at radius 2 is 2.14 bits per heavy atom. The minimum Gasteiger partial charge on any atom is -0.325 e. The molecular weight excluding hydrogens is 170 g/mol. The van der Waals surface area contributed by atoms with Crippen LogP contribution in [0.5, 0.6) is 0 Å². The van der Waals surface area contributed by atoms with E-state index in [1.54, 1.807) is 5.57 Å². The molecule has 1 saturated carbocycles. The summed E-state index contributed by atoms with van der Waals surface area (Å²) in [6.07, 6.45) is 7.95. The van der Waals surface area contributed by atoms with Crippen LogP contribution in [0.2, 0.25) is 0 Å². The maximum Gasteiger partial charge on any atom is 0.0134 e. The average Bonchev–Trinajstić information content (AvgIpc) is 2.00. The fourth-order valence-corrected chi connectivity index (χ4v) is 3.78. The number of hydrogen-bond donors (Lipinski definition) is 1. The van der Waals surface area contributed by atoms with Crippen LogP contribution in [0.25, 0.3) is 0 Å². The lowest BCUT2D eigenvalue weighted by Crippen LogP contribution is -2.49. The van der Waals surface area contributed by atoms with E-state index in [9.17, 15) is 0 Å². The molecule has 80 valence electrons. The van der Waals surface area contributed by atoms with Crippen molar-refractivity contribution < 1.29 is 0 Å². The number of allylic oxidation sites excluding steroid dienone is 2. The molecule has 2 N–H and O–H groups in total. The zero-order valence-corrected chi connectivity index (χ0v) is 9.72. The summed E-state index contributed by atoms with van der Waals surface area (Å²) in [6, 6.07) is 0. The van der Waals surface area contributed by atoms with E-state index in [0.717, 1.165) is 5.92 Å². The molecule has 2 bridgehead atoms. The molecule has 0 amide bonds. The van der Waals surface area contributed by atoms with Gasteiger partial charge in [-0.2, -0.15) is 0 Å². The Labute approximate surface area is 87.8 Å². The molecule has 0 aromatic heterocycles. The van der Waals surface area contributed by atoms with Gasteiger partial charge in [0, 0.05) is 5.54 Å². The predicted octanol–water partition coefficient (Wildman–Crippen LogP) is 3.11. The Morgan fingerprint density at radius 3 is 2.79 bits per heavy atom. The molecule has 0 spiro atoms. The van der Waals surface area contributed by atoms with Gasteiger partial charge in [-0.1, -0.05) is 18.6 Å². The number of rotatable bonds is 1. The van der Waals surface area contributed by atoms with Gasteiger partial charge < -0.3 is 5.73 Å². The molecule has 2 aliphatic rings. The third kappa shape index (κ3) is 1.75. The quantitative estimate of drug-likeness (QED) is 0.636. The van der Waals surface area contributed by atoms with Crippen molar-refractivity contribution in [1.29, 1.82) is 0 Å². The van der Waals surface area contributed by atoms with E-state index < -0.39 is 0 Å². The van der Waals surface area contributed by atoms with Crippen LogP contribution in [0.4, 0.5) is 0 Å². The van der Waals surface area contributed by atoms with Crippen LogP contribution in [-0.2, 0) is 0 Å². The molecule has 1 fully saturated rings. The summed E-state index contributed by atoms with van der Waals surface area (Å²) in [4.78, 5) is 0. The Bertz CT molecular complexity index is 246. The van der Waals surface area contributed by atoms with E-state index in [-0.39, 0.29) is 5.54 Å². The highest BCUT2D eigenvalue weighted by Gasteiger charge is 2.39. The third-order valence-electron chi connectivity index (χ3n) is 4.03. The molecule has 0 aliphatic heterocycles. The van der Waals surface area contributed by atoms with Gasteiger partial charge in [-0.15, -0.1) is 0 Å². The van der Waals surface area contributed by atoms with E-state index >= 15 is 0 Å². The van der Waals surface area contributed by atoms with Crippen LogP contribution >= 0.6 is 0 Å². The van der Waals surface area contributed by atoms with Gasteiger partial charge in [-0.05, 0) is 57.3 Å². The van der Waals surface area contributed by atoms with Gasteiger partial charge in [0.25, 0.3) is 0 Å². The standard InChI is InChI=1S/C13H23N/c1-9-7-10-5-4-6-11(8-10)12(9)13(2,3)14/h7,9,11-12H,4-6,8,14H2,1-3H3. The summed E-state index contributed by atoms with van der Waals surface area (Å²) < 4.78 is 0. The van der Waals surface area contributed by atoms with Crippen LogP contribution in [0.3, 0.4) is 0 Å². The summed E-state index contributed by atoms with van der Waals surface area (Å²) in [7, 11) is 0. The van der Waals surface area contributed by atoms with Crippen LogP contribution in [0.1, 0.15) is 46.5 Å². The predicted molar refractivity (Wildman–Crippen MR) is 61.0 cm³/mol. The Morgan fingerprint density at radius 1 is 1.43 bits per heavy atom. The van der Waals surface area contributed by atoms with Gasteiger partial charge in [0.15, 0.2) is 0 Å². The molecule has 14 heavy (non-hydrogen) atoms. The van der Waals surface area contributed by atoms with Crippen molar-refractivity contribution in [2.24, 2.45) is 23.5 Å². The highest BCUT2D eigenvalue weighted by atomic mass is 14.7. The van der Waals surface area contributed by atoms with E-state index in [4.69, 9.17) is 5.73 Å². The second-order valence-electron chi connectivity index (χ2n) is 5.89. The van der Waals surface area contributed by atoms with Crippen molar-refractivity contribution in [3.8, 4) is 0 Å². The molecule has 2 rings (SSSR count). The van der Waals surface area contributed by atoms with Crippen molar-refractivity contribution in [1.82, 2.24) is 0 Å². The van der Waals surface area contributed by atoms with E-state index in [1.807, 2.05) is 0 Å². The molecule has 2 aliphatic carbocycles. The minimum absolute atomic E-state index is 0.0105. The van der Waals surface area contributed by atoms with Crippen molar-refractivity contribution in [3.63, 3.8) is 0 Å². The number of nitrogens with two attached hydrogens (primary N) is 1. The van der Waals surface area contributed by atoms with Crippen LogP contribution < -0.4 is 5.73 Å². The lowest BCUT2D eigenvalue weighted by Gasteiger charge is -2.45. The first-order valence-corrected chi connectivity index (χ1v) is 5.97. The fraction of sp³-hybridized carbons (Fsp3) is 0.846. The maximum atomic E-state index is 6.31. The summed E-state index contributed by atoms with van der Waals surface area (Å²) >= 11 is 0. The maximum absolute atomic E-state index is 6.31. The Kier molecular flexibility index (Phi) is 2.46. The second-order valence-corrected chi connectivity index (χ2v) is 5.89. The molecule has 0 heterocycles. The van der Waals surface area contributed by atoms with Gasteiger partial charge in [0.1, 0.15) is 0 Å². The summed E-state index contributed by atoms with van der Waals surface area (Å²) in [6.45, 7) is 6.74. The molecule has 0 aromatic rings. The molecule has 0 aromatic carbocycles. The normalized spacial score (nSPS) is 38.0. The smallest absolute Gasteiger partial charge is 0.0134 e. The van der Waals surface area contributed by atoms with Gasteiger partial charge in [-0.3, -0.25) is 0 Å². The van der Waals surface area contributed by atoms with Gasteiger partial charge >= 0.3 is 0 Å². The molecule has 1 heteroatoms. The first-order chi connectivity index (χ1) is 6.48. The summed E-state index contributed by atoms with van der Waals surface area (Å²) in [5.74, 6) is 2.23. The molecule has 0 saturated heterocycles. The molecular formula is C13H23N. The number of hydrogen-bond acceptors (Lipinski definition) is 1. The zero-order chi connectivity index (χ0) is 10.3. The lowest BCUT2D eigenvalue weighted by molar-refractivity contribution is 0.135. The van der Waals surface area contributed by atoms with Gasteiger partial charge in [0.2, 0.25) is 0 Å². The average molecular weight is 193 g/mol. The van der Waals surface area contributed by atoms with Crippen molar-refractivity contribution in [3.05, 3.63) is 11.6 Å². The second kappa shape index (κ2) is 3.37. The number of fused-ring (bicyclic) bond motifs is 2. The summed E-state index contributed by atoms with van der Waals surface area (Å²) in [5, 5.41) is 0. The highest BCUT2D eigenvalue weighted by molar-refractivity contribution is 5.16. The molecule has 1 nitrogen and oxygen atoms in total. The van der Waals surface area contributed by atoms with Crippen LogP contribution in [0, 0.1) is 17.8 Å². The SMILES string of the molecule is CC1C=C2CCCC(C2)C1C(C)(C)N. The van der Waals surface area contributed by atoms with Crippen molar-refractivity contribution in [2.75, 3.05) is 0 Å². The summed E-state index contributed by atoms with van der Waals surface area (Å²) in [5.41, 5.74) is 8.00. The van der Waals surface area contributed by atoms with E-state index in [1.165, 1.54) is 25.7 Å². The molecule has 3 unspecified atom stereocenters. The molecule has 0 radical (unpaired) electrons. The van der Waals surface area contributed by atoms with Gasteiger partial charge in [-0.25, -0.2) is 0 Å². The molecule has 3 atom stereocenters. The lowest BCUT2D eigenvalue weighted by atomic mass is 9.62. The van der Waals surface area contributed by atoms with Crippen molar-refractivity contribution >= 4 is 0 Å². The monoisotopic (exact) mass is 193 g/mol. The highest BCUT2D eigenvalue weighted by Crippen LogP contribution is 2.45. The Hall–Kier alpha value is -0.300. The first-order valence-electron chi connectivity index (χ1n) is 5.97. The van der Waals surface area contributed by atoms with Crippen LogP contribution in [-0.4, -0.2) is 5.54 Å². The fourth-order valence-electron chi connectivity index (χ4n) is 3.78. The zero-order valence-electron chi connectivity index (χ0n) is 9.72. The minimum atomic E-state index is -0.0105. The van der Waals surface area contributed by atoms with Crippen LogP contribution in [0.15, 0.2) is 11.6 Å². The van der Waals surface area contributed by atoms with Gasteiger partial charge in [0.05, 0.1) is 0 Å². The first kappa shape index (κ1) is 10.2. The topological polar surface area (TPSA) is 26.0 Å². The van der Waals surface area contributed by atoms with E-state index in [0.29, 0.717) is 11.8 Å². The van der Waals surface area contributed by atoms with E-state index in [2.05, 4.69) is 26.8 Å². The largest absolute Gasteiger partial charge is 0.325 e. The third-order valence-corrected chi connectivity index (χ3v) is 4.03. The van der Waals surface area contributed by atoms with Crippen molar-refractivity contribution in [2.45, 2.75) is 52.0 Å².